The number of fused-ring (bicyclic) bond motifs is 3. The summed E-state index contributed by atoms with van der Waals surface area (Å²) in [5, 5.41) is 16.7. The number of hydrogen-bond donors (Lipinski definition) is 3. The zero-order valence-corrected chi connectivity index (χ0v) is 12.8. The normalized spacial score (nSPS) is 31.1. The average Bonchev–Trinajstić information content (AvgIpc) is 3.20. The number of nitrogens with one attached hydrogen (secondary N) is 2. The molecule has 0 radical (unpaired) electrons. The van der Waals surface area contributed by atoms with Crippen LogP contribution in [0.25, 0.3) is 11.0 Å². The van der Waals surface area contributed by atoms with Gasteiger partial charge in [0.1, 0.15) is 0 Å². The van der Waals surface area contributed by atoms with Gasteiger partial charge in [0.15, 0.2) is 10.7 Å². The number of rotatable bonds is 4. The molecule has 0 amide bonds. The van der Waals surface area contributed by atoms with E-state index in [0.29, 0.717) is 22.9 Å². The summed E-state index contributed by atoms with van der Waals surface area (Å²) in [4.78, 5) is 4.04. The van der Waals surface area contributed by atoms with Crippen LogP contribution in [0.3, 0.4) is 0 Å². The first-order valence-corrected chi connectivity index (χ1v) is 9.01. The van der Waals surface area contributed by atoms with Crippen LogP contribution in [0.5, 0.6) is 0 Å². The number of sulfonamides is 1. The van der Waals surface area contributed by atoms with Crippen molar-refractivity contribution in [2.75, 3.05) is 6.61 Å². The molecule has 4 rings (SSSR count). The van der Waals surface area contributed by atoms with Crippen molar-refractivity contribution in [3.8, 4) is 0 Å². The number of aromatic nitrogens is 3. The highest BCUT2D eigenvalue weighted by Gasteiger charge is 2.48. The number of hydrogen-bond acceptors (Lipinski definition) is 5. The Morgan fingerprint density at radius 1 is 1.36 bits per heavy atom. The van der Waals surface area contributed by atoms with E-state index in [1.807, 2.05) is 0 Å². The van der Waals surface area contributed by atoms with E-state index >= 15 is 0 Å². The van der Waals surface area contributed by atoms with Gasteiger partial charge >= 0.3 is 0 Å². The third kappa shape index (κ3) is 2.05. The maximum Gasteiger partial charge on any atom is 0.258 e. The van der Waals surface area contributed by atoms with E-state index in [2.05, 4.69) is 19.9 Å². The molecular weight excluding hydrogens is 304 g/mol. The van der Waals surface area contributed by atoms with Gasteiger partial charge in [-0.3, -0.25) is 5.10 Å². The average molecular weight is 322 g/mol. The van der Waals surface area contributed by atoms with Gasteiger partial charge in [-0.15, -0.1) is 0 Å². The molecule has 2 fully saturated rings. The van der Waals surface area contributed by atoms with E-state index in [1.54, 1.807) is 18.3 Å². The number of H-pyrrole nitrogens is 1. The molecule has 3 N–H and O–H groups in total. The van der Waals surface area contributed by atoms with Crippen LogP contribution in [0, 0.1) is 17.8 Å². The van der Waals surface area contributed by atoms with Crippen molar-refractivity contribution in [2.24, 2.45) is 17.8 Å². The molecule has 4 atom stereocenters. The predicted molar refractivity (Wildman–Crippen MR) is 79.4 cm³/mol. The molecule has 0 aromatic carbocycles. The summed E-state index contributed by atoms with van der Waals surface area (Å²) in [6.07, 6.45) is 4.69. The van der Waals surface area contributed by atoms with Gasteiger partial charge in [-0.25, -0.2) is 18.1 Å². The Kier molecular flexibility index (Phi) is 3.21. The Bertz CT molecular complexity index is 803. The van der Waals surface area contributed by atoms with Gasteiger partial charge in [-0.2, -0.15) is 5.10 Å². The second-order valence-corrected chi connectivity index (χ2v) is 7.90. The summed E-state index contributed by atoms with van der Waals surface area (Å²) in [7, 11) is -3.71. The van der Waals surface area contributed by atoms with Crippen molar-refractivity contribution in [3.05, 3.63) is 18.3 Å². The fourth-order valence-corrected chi connectivity index (χ4v) is 5.59. The largest absolute Gasteiger partial charge is 0.396 e. The van der Waals surface area contributed by atoms with Crippen LogP contribution in [-0.4, -0.2) is 41.4 Å². The third-order valence-electron chi connectivity index (χ3n) is 5.15. The fraction of sp³-hybridized carbons (Fsp3) is 0.571. The van der Waals surface area contributed by atoms with Gasteiger partial charge in [0.25, 0.3) is 10.0 Å². The van der Waals surface area contributed by atoms with Crippen molar-refractivity contribution in [3.63, 3.8) is 0 Å². The zero-order chi connectivity index (χ0) is 15.3. The summed E-state index contributed by atoms with van der Waals surface area (Å²) in [5.74, 6) is 0.771. The first-order valence-electron chi connectivity index (χ1n) is 7.52. The highest BCUT2D eigenvalue weighted by atomic mass is 32.2. The summed E-state index contributed by atoms with van der Waals surface area (Å²) in [6.45, 7) is 0.0274. The molecule has 22 heavy (non-hydrogen) atoms. The lowest BCUT2D eigenvalue weighted by Crippen LogP contribution is -2.45. The van der Waals surface area contributed by atoms with Gasteiger partial charge in [0.05, 0.1) is 5.39 Å². The lowest BCUT2D eigenvalue weighted by atomic mass is 9.86. The molecule has 0 spiro atoms. The lowest BCUT2D eigenvalue weighted by Gasteiger charge is -2.29. The molecule has 118 valence electrons. The number of pyridine rings is 1. The van der Waals surface area contributed by atoms with E-state index < -0.39 is 10.0 Å². The molecule has 2 bridgehead atoms. The van der Waals surface area contributed by atoms with E-state index in [4.69, 9.17) is 0 Å². The van der Waals surface area contributed by atoms with Crippen LogP contribution in [0.2, 0.25) is 0 Å². The molecule has 0 saturated heterocycles. The van der Waals surface area contributed by atoms with Gasteiger partial charge in [-0.05, 0) is 43.2 Å². The first-order chi connectivity index (χ1) is 10.6. The Morgan fingerprint density at radius 3 is 3.00 bits per heavy atom. The maximum absolute atomic E-state index is 12.7. The SMILES string of the molecule is O=S(=O)(NC1C2CCC(C2)C1CO)c1[nH]nc2ncccc12. The molecular formula is C14H18N4O3S. The Balaban J connectivity index is 1.67. The zero-order valence-electron chi connectivity index (χ0n) is 11.9. The molecule has 0 aliphatic heterocycles. The lowest BCUT2D eigenvalue weighted by molar-refractivity contribution is 0.153. The number of aliphatic hydroxyl groups is 1. The molecule has 7 nitrogen and oxygen atoms in total. The summed E-state index contributed by atoms with van der Waals surface area (Å²) >= 11 is 0. The highest BCUT2D eigenvalue weighted by molar-refractivity contribution is 7.89. The minimum Gasteiger partial charge on any atom is -0.396 e. The number of aliphatic hydroxyl groups excluding tert-OH is 1. The van der Waals surface area contributed by atoms with Crippen molar-refractivity contribution in [2.45, 2.75) is 30.3 Å². The summed E-state index contributed by atoms with van der Waals surface area (Å²) in [6, 6.07) is 3.18. The molecule has 2 aliphatic carbocycles. The van der Waals surface area contributed by atoms with E-state index in [-0.39, 0.29) is 23.6 Å². The van der Waals surface area contributed by atoms with Crippen molar-refractivity contribution < 1.29 is 13.5 Å². The first kappa shape index (κ1) is 14.1. The van der Waals surface area contributed by atoms with E-state index in [1.165, 1.54) is 0 Å². The van der Waals surface area contributed by atoms with Crippen LogP contribution >= 0.6 is 0 Å². The van der Waals surface area contributed by atoms with Gasteiger partial charge in [0, 0.05) is 24.8 Å². The fourth-order valence-electron chi connectivity index (χ4n) is 4.13. The Morgan fingerprint density at radius 2 is 2.18 bits per heavy atom. The minimum atomic E-state index is -3.71. The minimum absolute atomic E-state index is 0.0147. The third-order valence-corrected chi connectivity index (χ3v) is 6.58. The molecule has 2 saturated carbocycles. The topological polar surface area (TPSA) is 108 Å². The smallest absolute Gasteiger partial charge is 0.258 e. The predicted octanol–water partition coefficient (Wildman–Crippen LogP) is 0.643. The standard InChI is InChI=1S/C14H18N4O3S/c19-7-11-8-3-4-9(6-8)12(11)18-22(20,21)14-10-2-1-5-15-13(10)16-17-14/h1-2,5,8-9,11-12,18-19H,3-4,6-7H2,(H,15,16,17). The Labute approximate surface area is 128 Å². The number of aromatic amines is 1. The molecule has 2 heterocycles. The van der Waals surface area contributed by atoms with Crippen LogP contribution in [0.4, 0.5) is 0 Å². The van der Waals surface area contributed by atoms with E-state index in [9.17, 15) is 13.5 Å². The van der Waals surface area contributed by atoms with E-state index in [0.717, 1.165) is 19.3 Å². The van der Waals surface area contributed by atoms with Crippen LogP contribution in [0.15, 0.2) is 23.4 Å². The van der Waals surface area contributed by atoms with Crippen molar-refractivity contribution in [1.29, 1.82) is 0 Å². The van der Waals surface area contributed by atoms with Crippen molar-refractivity contribution >= 4 is 21.1 Å². The van der Waals surface area contributed by atoms with Crippen LogP contribution in [-0.2, 0) is 10.0 Å². The van der Waals surface area contributed by atoms with Crippen LogP contribution < -0.4 is 4.72 Å². The number of nitrogens with zero attached hydrogens (tertiary/aromatic N) is 2. The molecule has 8 heteroatoms. The summed E-state index contributed by atoms with van der Waals surface area (Å²) < 4.78 is 28.2. The summed E-state index contributed by atoms with van der Waals surface area (Å²) in [5.41, 5.74) is 0.384. The molecule has 4 unspecified atom stereocenters. The van der Waals surface area contributed by atoms with Gasteiger partial charge < -0.3 is 5.11 Å². The monoisotopic (exact) mass is 322 g/mol. The second kappa shape index (κ2) is 5.00. The highest BCUT2D eigenvalue weighted by Crippen LogP contribution is 2.48. The van der Waals surface area contributed by atoms with Crippen molar-refractivity contribution in [1.82, 2.24) is 19.9 Å². The molecule has 2 aromatic heterocycles. The van der Waals surface area contributed by atoms with Gasteiger partial charge in [-0.1, -0.05) is 0 Å². The Hall–Kier alpha value is -1.51. The molecule has 2 aliphatic rings. The molecule has 2 aromatic rings. The second-order valence-electron chi connectivity index (χ2n) is 6.25. The van der Waals surface area contributed by atoms with Gasteiger partial charge in [0.2, 0.25) is 0 Å². The quantitative estimate of drug-likeness (QED) is 0.766. The van der Waals surface area contributed by atoms with Crippen LogP contribution in [0.1, 0.15) is 19.3 Å². The maximum atomic E-state index is 12.7.